The molecule has 0 spiro atoms. The van der Waals surface area contributed by atoms with Crippen molar-refractivity contribution in [3.63, 3.8) is 0 Å². The number of furan rings is 1. The molecule has 2 aromatic rings. The summed E-state index contributed by atoms with van der Waals surface area (Å²) in [5.74, 6) is 0.905. The number of anilines is 1. The Hall–Kier alpha value is -2.23. The van der Waals surface area contributed by atoms with E-state index < -0.39 is 0 Å². The predicted molar refractivity (Wildman–Crippen MR) is 84.6 cm³/mol. The fourth-order valence-electron chi connectivity index (χ4n) is 2.21. The first kappa shape index (κ1) is 15.2. The van der Waals surface area contributed by atoms with Gasteiger partial charge in [-0.2, -0.15) is 0 Å². The van der Waals surface area contributed by atoms with E-state index in [-0.39, 0.29) is 11.9 Å². The Morgan fingerprint density at radius 2 is 2.05 bits per heavy atom. The first-order valence-electron chi connectivity index (χ1n) is 7.37. The molecule has 4 heteroatoms. The van der Waals surface area contributed by atoms with Gasteiger partial charge in [0.15, 0.2) is 0 Å². The highest BCUT2D eigenvalue weighted by Gasteiger charge is 2.13. The van der Waals surface area contributed by atoms with Gasteiger partial charge < -0.3 is 15.1 Å². The van der Waals surface area contributed by atoms with Gasteiger partial charge in [-0.25, -0.2) is 0 Å². The van der Waals surface area contributed by atoms with Gasteiger partial charge in [0, 0.05) is 24.7 Å². The molecular weight excluding hydrogens is 264 g/mol. The number of nitrogens with one attached hydrogen (secondary N) is 2. The van der Waals surface area contributed by atoms with E-state index >= 15 is 0 Å². The van der Waals surface area contributed by atoms with Crippen LogP contribution in [0.4, 0.5) is 5.69 Å². The highest BCUT2D eigenvalue weighted by molar-refractivity contribution is 5.99. The average Bonchev–Trinajstić information content (AvgIpc) is 2.99. The van der Waals surface area contributed by atoms with E-state index in [0.717, 1.165) is 30.8 Å². The third kappa shape index (κ3) is 4.38. The Balaban J connectivity index is 1.91. The van der Waals surface area contributed by atoms with Gasteiger partial charge in [0.25, 0.3) is 5.91 Å². The lowest BCUT2D eigenvalue weighted by Gasteiger charge is -2.15. The molecule has 1 heterocycles. The Morgan fingerprint density at radius 3 is 2.76 bits per heavy atom. The van der Waals surface area contributed by atoms with Gasteiger partial charge in [0.05, 0.1) is 11.8 Å². The van der Waals surface area contributed by atoms with Crippen molar-refractivity contribution in [1.82, 2.24) is 5.32 Å². The fraction of sp³-hybridized carbons (Fsp3) is 0.353. The Labute approximate surface area is 125 Å². The van der Waals surface area contributed by atoms with Gasteiger partial charge in [0.1, 0.15) is 5.76 Å². The molecule has 0 aliphatic rings. The number of para-hydroxylation sites is 1. The largest absolute Gasteiger partial charge is 0.469 e. The van der Waals surface area contributed by atoms with E-state index in [1.54, 1.807) is 6.26 Å². The van der Waals surface area contributed by atoms with Crippen LogP contribution in [0.3, 0.4) is 0 Å². The van der Waals surface area contributed by atoms with Crippen LogP contribution in [0.5, 0.6) is 0 Å². The zero-order valence-electron chi connectivity index (χ0n) is 12.6. The summed E-state index contributed by atoms with van der Waals surface area (Å²) in [6, 6.07) is 11.5. The molecule has 21 heavy (non-hydrogen) atoms. The minimum absolute atomic E-state index is 0.0431. The van der Waals surface area contributed by atoms with Crippen molar-refractivity contribution < 1.29 is 9.21 Å². The smallest absolute Gasteiger partial charge is 0.253 e. The van der Waals surface area contributed by atoms with Crippen LogP contribution >= 0.6 is 0 Å². The zero-order chi connectivity index (χ0) is 15.1. The van der Waals surface area contributed by atoms with Gasteiger partial charge >= 0.3 is 0 Å². The Bertz CT molecular complexity index is 564. The van der Waals surface area contributed by atoms with E-state index in [9.17, 15) is 4.79 Å². The third-order valence-corrected chi connectivity index (χ3v) is 3.32. The summed E-state index contributed by atoms with van der Waals surface area (Å²) in [6.45, 7) is 4.82. The average molecular weight is 286 g/mol. The van der Waals surface area contributed by atoms with Crippen molar-refractivity contribution in [2.75, 3.05) is 11.9 Å². The number of aryl methyl sites for hydroxylation is 1. The fourth-order valence-corrected chi connectivity index (χ4v) is 2.21. The minimum Gasteiger partial charge on any atom is -0.469 e. The number of hydrogen-bond donors (Lipinski definition) is 2. The first-order chi connectivity index (χ1) is 10.2. The summed E-state index contributed by atoms with van der Waals surface area (Å²) in [5, 5.41) is 6.25. The van der Waals surface area contributed by atoms with Crippen LogP contribution in [-0.2, 0) is 6.42 Å². The van der Waals surface area contributed by atoms with E-state index in [1.807, 2.05) is 50.2 Å². The molecule has 1 aromatic heterocycles. The van der Waals surface area contributed by atoms with Gasteiger partial charge in [-0.15, -0.1) is 0 Å². The predicted octanol–water partition coefficient (Wildman–Crippen LogP) is 3.46. The molecule has 0 saturated carbocycles. The van der Waals surface area contributed by atoms with E-state index in [4.69, 9.17) is 4.42 Å². The number of amides is 1. The van der Waals surface area contributed by atoms with Gasteiger partial charge in [-0.05, 0) is 44.5 Å². The second kappa shape index (κ2) is 7.53. The molecule has 0 saturated heterocycles. The number of carbonyl (C=O) groups excluding carboxylic acids is 1. The lowest BCUT2D eigenvalue weighted by atomic mass is 10.1. The van der Waals surface area contributed by atoms with Crippen LogP contribution in [0, 0.1) is 0 Å². The molecule has 0 bridgehead atoms. The molecule has 1 amide bonds. The van der Waals surface area contributed by atoms with Crippen molar-refractivity contribution in [3.05, 3.63) is 54.0 Å². The van der Waals surface area contributed by atoms with Crippen LogP contribution in [0.2, 0.25) is 0 Å². The van der Waals surface area contributed by atoms with E-state index in [0.29, 0.717) is 5.56 Å². The van der Waals surface area contributed by atoms with Gasteiger partial charge in [-0.1, -0.05) is 12.1 Å². The summed E-state index contributed by atoms with van der Waals surface area (Å²) in [4.78, 5) is 12.3. The molecule has 1 aromatic carbocycles. The molecule has 0 fully saturated rings. The summed E-state index contributed by atoms with van der Waals surface area (Å²) >= 11 is 0. The molecule has 1 unspecified atom stereocenters. The summed E-state index contributed by atoms with van der Waals surface area (Å²) < 4.78 is 5.30. The van der Waals surface area contributed by atoms with Crippen molar-refractivity contribution in [3.8, 4) is 0 Å². The van der Waals surface area contributed by atoms with Crippen LogP contribution in [0.15, 0.2) is 47.1 Å². The molecule has 2 N–H and O–H groups in total. The van der Waals surface area contributed by atoms with Crippen LogP contribution in [0.25, 0.3) is 0 Å². The topological polar surface area (TPSA) is 54.3 Å². The molecule has 4 nitrogen and oxygen atoms in total. The lowest BCUT2D eigenvalue weighted by Crippen LogP contribution is -2.33. The second-order valence-corrected chi connectivity index (χ2v) is 5.07. The summed E-state index contributed by atoms with van der Waals surface area (Å²) in [6.07, 6.45) is 3.34. The molecule has 112 valence electrons. The monoisotopic (exact) mass is 286 g/mol. The number of rotatable bonds is 7. The van der Waals surface area contributed by atoms with Gasteiger partial charge in [0.2, 0.25) is 0 Å². The molecule has 2 rings (SSSR count). The molecular formula is C17H22N2O2. The van der Waals surface area contributed by atoms with E-state index in [2.05, 4.69) is 10.6 Å². The summed E-state index contributed by atoms with van der Waals surface area (Å²) in [5.41, 5.74) is 1.56. The normalized spacial score (nSPS) is 11.9. The minimum atomic E-state index is -0.0431. The first-order valence-corrected chi connectivity index (χ1v) is 7.37. The van der Waals surface area contributed by atoms with Crippen molar-refractivity contribution >= 4 is 11.6 Å². The number of benzene rings is 1. The van der Waals surface area contributed by atoms with E-state index in [1.165, 1.54) is 0 Å². The number of hydrogen-bond acceptors (Lipinski definition) is 3. The van der Waals surface area contributed by atoms with Gasteiger partial charge in [-0.3, -0.25) is 4.79 Å². The van der Waals surface area contributed by atoms with Crippen LogP contribution < -0.4 is 10.6 Å². The second-order valence-electron chi connectivity index (χ2n) is 5.07. The standard InChI is InChI=1S/C17H22N2O2/c1-3-18-16-9-5-4-8-15(16)17(20)19-13(2)10-11-14-7-6-12-21-14/h4-9,12-13,18H,3,10-11H2,1-2H3,(H,19,20). The van der Waals surface area contributed by atoms with Crippen molar-refractivity contribution in [2.45, 2.75) is 32.7 Å². The SMILES string of the molecule is CCNc1ccccc1C(=O)NC(C)CCc1ccco1. The zero-order valence-corrected chi connectivity index (χ0v) is 12.6. The van der Waals surface area contributed by atoms with Crippen LogP contribution in [-0.4, -0.2) is 18.5 Å². The van der Waals surface area contributed by atoms with Crippen molar-refractivity contribution in [2.24, 2.45) is 0 Å². The molecule has 0 aliphatic carbocycles. The third-order valence-electron chi connectivity index (χ3n) is 3.32. The van der Waals surface area contributed by atoms with Crippen molar-refractivity contribution in [1.29, 1.82) is 0 Å². The highest BCUT2D eigenvalue weighted by Crippen LogP contribution is 2.15. The molecule has 1 atom stereocenters. The molecule has 0 radical (unpaired) electrons. The Kier molecular flexibility index (Phi) is 5.43. The maximum absolute atomic E-state index is 12.3. The number of carbonyl (C=O) groups is 1. The Morgan fingerprint density at radius 1 is 1.24 bits per heavy atom. The maximum Gasteiger partial charge on any atom is 0.253 e. The highest BCUT2D eigenvalue weighted by atomic mass is 16.3. The molecule has 0 aliphatic heterocycles. The quantitative estimate of drug-likeness (QED) is 0.819. The van der Waals surface area contributed by atoms with Crippen LogP contribution in [0.1, 0.15) is 36.4 Å². The lowest BCUT2D eigenvalue weighted by molar-refractivity contribution is 0.0939. The summed E-state index contributed by atoms with van der Waals surface area (Å²) in [7, 11) is 0. The maximum atomic E-state index is 12.3.